The Kier molecular flexibility index (Phi) is 4.92. The van der Waals surface area contributed by atoms with E-state index >= 15 is 0 Å². The van der Waals surface area contributed by atoms with Crippen molar-refractivity contribution in [3.8, 4) is 5.82 Å². The van der Waals surface area contributed by atoms with Crippen molar-refractivity contribution in [3.63, 3.8) is 0 Å². The van der Waals surface area contributed by atoms with E-state index in [1.807, 2.05) is 47.2 Å². The number of carbonyl (C=O) groups excluding carboxylic acids is 1. The number of aromatic nitrogens is 5. The number of nitrogens with one attached hydrogen (secondary N) is 2. The number of anilines is 1. The van der Waals surface area contributed by atoms with Crippen LogP contribution in [0.5, 0.6) is 0 Å². The zero-order chi connectivity index (χ0) is 22.3. The average molecular weight is 430 g/mol. The van der Waals surface area contributed by atoms with Crippen LogP contribution in [0.15, 0.2) is 55.1 Å². The van der Waals surface area contributed by atoms with Gasteiger partial charge in [0, 0.05) is 11.3 Å². The number of amides is 2. The Balaban J connectivity index is 1.28. The number of hydrogen-bond acceptors (Lipinski definition) is 4. The third-order valence-electron chi connectivity index (χ3n) is 5.83. The van der Waals surface area contributed by atoms with E-state index in [0.29, 0.717) is 5.69 Å². The summed E-state index contributed by atoms with van der Waals surface area (Å²) in [5.41, 5.74) is 4.79. The molecule has 164 valence electrons. The fourth-order valence-electron chi connectivity index (χ4n) is 4.35. The number of hydrogen-bond donors (Lipinski definition) is 2. The Labute approximate surface area is 186 Å². The van der Waals surface area contributed by atoms with Gasteiger partial charge in [0.15, 0.2) is 0 Å². The lowest BCUT2D eigenvalue weighted by Gasteiger charge is -2.28. The molecule has 1 aliphatic carbocycles. The first-order valence-electron chi connectivity index (χ1n) is 10.9. The molecule has 0 fully saturated rings. The van der Waals surface area contributed by atoms with Crippen LogP contribution in [0.4, 0.5) is 10.5 Å². The molecule has 0 saturated heterocycles. The van der Waals surface area contributed by atoms with Crippen LogP contribution in [0.3, 0.4) is 0 Å². The van der Waals surface area contributed by atoms with Crippen LogP contribution in [0.25, 0.3) is 16.9 Å². The number of nitrogens with zero attached hydrogens (tertiary/aromatic N) is 5. The summed E-state index contributed by atoms with van der Waals surface area (Å²) in [6, 6.07) is 11.3. The van der Waals surface area contributed by atoms with Crippen molar-refractivity contribution in [3.05, 3.63) is 66.4 Å². The molecule has 3 heterocycles. The molecule has 2 N–H and O–H groups in total. The summed E-state index contributed by atoms with van der Waals surface area (Å²) >= 11 is 0. The number of para-hydroxylation sites is 2. The Morgan fingerprint density at radius 3 is 2.72 bits per heavy atom. The van der Waals surface area contributed by atoms with Gasteiger partial charge >= 0.3 is 6.03 Å². The Hall–Kier alpha value is -3.68. The maximum Gasteiger partial charge on any atom is 0.319 e. The highest BCUT2D eigenvalue weighted by molar-refractivity contribution is 5.89. The Morgan fingerprint density at radius 1 is 1.09 bits per heavy atom. The fraction of sp³-hybridized carbons (Fsp3) is 0.333. The van der Waals surface area contributed by atoms with Gasteiger partial charge in [0.1, 0.15) is 12.1 Å². The van der Waals surface area contributed by atoms with Crippen molar-refractivity contribution < 1.29 is 4.79 Å². The third kappa shape index (κ3) is 3.72. The Bertz CT molecular complexity index is 1260. The molecule has 0 spiro atoms. The Morgan fingerprint density at radius 2 is 1.94 bits per heavy atom. The molecule has 0 radical (unpaired) electrons. The van der Waals surface area contributed by atoms with Gasteiger partial charge in [-0.25, -0.2) is 14.8 Å². The van der Waals surface area contributed by atoms with Gasteiger partial charge in [0.05, 0.1) is 40.7 Å². The molecule has 1 aromatic carbocycles. The largest absolute Gasteiger partial charge is 0.331 e. The molecule has 8 heteroatoms. The molecular formula is C24H27N7O. The predicted molar refractivity (Wildman–Crippen MR) is 124 cm³/mol. The minimum atomic E-state index is -0.242. The van der Waals surface area contributed by atoms with Crippen LogP contribution in [-0.4, -0.2) is 30.3 Å². The molecule has 5 rings (SSSR count). The van der Waals surface area contributed by atoms with E-state index in [1.54, 1.807) is 12.5 Å². The molecule has 1 unspecified atom stereocenters. The molecule has 0 aliphatic heterocycles. The lowest BCUT2D eigenvalue weighted by Crippen LogP contribution is -2.35. The van der Waals surface area contributed by atoms with Crippen LogP contribution in [0.2, 0.25) is 0 Å². The van der Waals surface area contributed by atoms with Crippen LogP contribution < -0.4 is 10.6 Å². The van der Waals surface area contributed by atoms with E-state index in [1.165, 1.54) is 5.69 Å². The van der Waals surface area contributed by atoms with Crippen molar-refractivity contribution in [1.82, 2.24) is 29.6 Å². The highest BCUT2D eigenvalue weighted by atomic mass is 16.2. The van der Waals surface area contributed by atoms with Gasteiger partial charge in [-0.1, -0.05) is 12.1 Å². The summed E-state index contributed by atoms with van der Waals surface area (Å²) in [7, 11) is 0. The topological polar surface area (TPSA) is 89.7 Å². The third-order valence-corrected chi connectivity index (χ3v) is 5.83. The smallest absolute Gasteiger partial charge is 0.319 e. The van der Waals surface area contributed by atoms with Crippen molar-refractivity contribution in [2.45, 2.75) is 51.6 Å². The van der Waals surface area contributed by atoms with Gasteiger partial charge in [0.25, 0.3) is 0 Å². The molecule has 2 amide bonds. The summed E-state index contributed by atoms with van der Waals surface area (Å²) in [6.45, 7) is 6.44. The molecule has 1 aliphatic rings. The minimum absolute atomic E-state index is 0.0422. The number of imidazole rings is 1. The first-order chi connectivity index (χ1) is 15.4. The van der Waals surface area contributed by atoms with Gasteiger partial charge < -0.3 is 10.6 Å². The molecule has 32 heavy (non-hydrogen) atoms. The highest BCUT2D eigenvalue weighted by Crippen LogP contribution is 2.32. The van der Waals surface area contributed by atoms with Gasteiger partial charge in [-0.3, -0.25) is 9.25 Å². The van der Waals surface area contributed by atoms with Crippen molar-refractivity contribution in [1.29, 1.82) is 0 Å². The van der Waals surface area contributed by atoms with E-state index in [-0.39, 0.29) is 17.6 Å². The number of carbonyl (C=O) groups is 1. The van der Waals surface area contributed by atoms with Gasteiger partial charge in [-0.2, -0.15) is 5.10 Å². The summed E-state index contributed by atoms with van der Waals surface area (Å²) in [5, 5.41) is 10.6. The van der Waals surface area contributed by atoms with Gasteiger partial charge in [-0.15, -0.1) is 0 Å². The molecular weight excluding hydrogens is 402 g/mol. The van der Waals surface area contributed by atoms with E-state index in [9.17, 15) is 4.79 Å². The van der Waals surface area contributed by atoms with Crippen LogP contribution in [-0.2, 0) is 12.0 Å². The second-order valence-corrected chi connectivity index (χ2v) is 9.18. The maximum atomic E-state index is 12.7. The quantitative estimate of drug-likeness (QED) is 0.499. The van der Waals surface area contributed by atoms with Crippen LogP contribution in [0.1, 0.15) is 50.9 Å². The van der Waals surface area contributed by atoms with Crippen LogP contribution in [0, 0.1) is 0 Å². The van der Waals surface area contributed by atoms with E-state index in [0.717, 1.165) is 41.7 Å². The second-order valence-electron chi connectivity index (χ2n) is 9.18. The highest BCUT2D eigenvalue weighted by Gasteiger charge is 2.29. The number of rotatable bonds is 3. The fourth-order valence-corrected chi connectivity index (χ4v) is 4.35. The molecule has 4 aromatic rings. The van der Waals surface area contributed by atoms with E-state index < -0.39 is 0 Å². The zero-order valence-electron chi connectivity index (χ0n) is 18.5. The number of urea groups is 1. The normalized spacial score (nSPS) is 16.0. The van der Waals surface area contributed by atoms with Crippen molar-refractivity contribution in [2.24, 2.45) is 0 Å². The SMILES string of the molecule is CC(C)(C)n1ncc2c1CCCC2NC(=O)Nc1ccc(-n2cnc3ccccc32)nc1. The summed E-state index contributed by atoms with van der Waals surface area (Å²) in [6.07, 6.45) is 8.23. The van der Waals surface area contributed by atoms with Gasteiger partial charge in [0.2, 0.25) is 0 Å². The average Bonchev–Trinajstić information content (AvgIpc) is 3.39. The molecule has 3 aromatic heterocycles. The summed E-state index contributed by atoms with van der Waals surface area (Å²) in [4.78, 5) is 21.6. The molecule has 8 nitrogen and oxygen atoms in total. The lowest BCUT2D eigenvalue weighted by molar-refractivity contribution is 0.247. The molecule has 1 atom stereocenters. The summed E-state index contributed by atoms with van der Waals surface area (Å²) < 4.78 is 4.01. The first-order valence-corrected chi connectivity index (χ1v) is 10.9. The van der Waals surface area contributed by atoms with Crippen molar-refractivity contribution in [2.75, 3.05) is 5.32 Å². The monoisotopic (exact) mass is 429 g/mol. The van der Waals surface area contributed by atoms with Gasteiger partial charge in [-0.05, 0) is 64.3 Å². The van der Waals surface area contributed by atoms with Crippen molar-refractivity contribution >= 4 is 22.8 Å². The minimum Gasteiger partial charge on any atom is -0.331 e. The lowest BCUT2D eigenvalue weighted by atomic mass is 9.92. The number of fused-ring (bicyclic) bond motifs is 2. The molecule has 0 saturated carbocycles. The second kappa shape index (κ2) is 7.78. The first kappa shape index (κ1) is 20.2. The summed E-state index contributed by atoms with van der Waals surface area (Å²) in [5.74, 6) is 0.746. The molecule has 0 bridgehead atoms. The standard InChI is InChI=1S/C24H27N7O/c1-24(2,3)31-20-10-6-8-18(17(20)14-27-31)29-23(32)28-16-11-12-22(25-13-16)30-15-26-19-7-4-5-9-21(19)30/h4-5,7,9,11-15,18H,6,8,10H2,1-3H3,(H2,28,29,32). The maximum absolute atomic E-state index is 12.7. The predicted octanol–water partition coefficient (Wildman–Crippen LogP) is 4.57. The zero-order valence-corrected chi connectivity index (χ0v) is 18.5. The van der Waals surface area contributed by atoms with E-state index in [2.05, 4.69) is 51.2 Å². The van der Waals surface area contributed by atoms with Crippen LogP contribution >= 0.6 is 0 Å². The number of pyridine rings is 1. The number of benzene rings is 1. The van der Waals surface area contributed by atoms with E-state index in [4.69, 9.17) is 0 Å².